The maximum atomic E-state index is 11.8. The number of nitrogens with one attached hydrogen (secondary N) is 1. The van der Waals surface area contributed by atoms with Gasteiger partial charge in [-0.2, -0.15) is 0 Å². The van der Waals surface area contributed by atoms with Gasteiger partial charge in [-0.25, -0.2) is 0 Å². The summed E-state index contributed by atoms with van der Waals surface area (Å²) in [5.41, 5.74) is 4.22. The number of furan rings is 1. The van der Waals surface area contributed by atoms with Crippen LogP contribution in [0, 0.1) is 13.8 Å². The summed E-state index contributed by atoms with van der Waals surface area (Å²) >= 11 is 0. The zero-order valence-electron chi connectivity index (χ0n) is 11.3. The molecular weight excluding hydrogens is 226 g/mol. The molecule has 0 fully saturated rings. The normalized spacial score (nSPS) is 11.2. The van der Waals surface area contributed by atoms with E-state index in [1.807, 2.05) is 19.9 Å². The Morgan fingerprint density at radius 1 is 1.28 bits per heavy atom. The fraction of sp³-hybridized carbons (Fsp3) is 0.400. The number of fused-ring (bicyclic) bond motifs is 1. The van der Waals surface area contributed by atoms with Gasteiger partial charge in [0.1, 0.15) is 5.58 Å². The molecule has 1 aromatic carbocycles. The lowest BCUT2D eigenvalue weighted by Crippen LogP contribution is -2.31. The van der Waals surface area contributed by atoms with Crippen LogP contribution in [0.2, 0.25) is 0 Å². The van der Waals surface area contributed by atoms with Crippen molar-refractivity contribution in [2.75, 3.05) is 0 Å². The first-order chi connectivity index (χ1) is 8.47. The molecule has 18 heavy (non-hydrogen) atoms. The minimum Gasteiger partial charge on any atom is -0.464 e. The number of hydrogen-bond donors (Lipinski definition) is 1. The van der Waals surface area contributed by atoms with Crippen molar-refractivity contribution in [2.45, 2.75) is 40.2 Å². The molecule has 0 aliphatic carbocycles. The van der Waals surface area contributed by atoms with E-state index in [1.54, 1.807) is 6.26 Å². The van der Waals surface area contributed by atoms with E-state index >= 15 is 0 Å². The van der Waals surface area contributed by atoms with Crippen LogP contribution in [-0.2, 0) is 11.2 Å². The molecule has 0 spiro atoms. The van der Waals surface area contributed by atoms with E-state index in [0.29, 0.717) is 6.42 Å². The summed E-state index contributed by atoms with van der Waals surface area (Å²) in [6, 6.07) is 4.28. The van der Waals surface area contributed by atoms with Gasteiger partial charge in [0.15, 0.2) is 0 Å². The number of hydrogen-bond acceptors (Lipinski definition) is 2. The molecule has 1 amide bonds. The maximum absolute atomic E-state index is 11.8. The zero-order valence-corrected chi connectivity index (χ0v) is 11.3. The molecule has 0 saturated carbocycles. The summed E-state index contributed by atoms with van der Waals surface area (Å²) < 4.78 is 5.51. The van der Waals surface area contributed by atoms with Crippen molar-refractivity contribution in [1.29, 1.82) is 0 Å². The van der Waals surface area contributed by atoms with E-state index in [9.17, 15) is 4.79 Å². The molecule has 0 radical (unpaired) electrons. The van der Waals surface area contributed by atoms with Gasteiger partial charge in [-0.05, 0) is 51.0 Å². The molecule has 2 aromatic rings. The third kappa shape index (κ3) is 2.55. The Morgan fingerprint density at radius 3 is 2.61 bits per heavy atom. The summed E-state index contributed by atoms with van der Waals surface area (Å²) in [5, 5.41) is 3.93. The van der Waals surface area contributed by atoms with Crippen LogP contribution in [0.4, 0.5) is 0 Å². The summed E-state index contributed by atoms with van der Waals surface area (Å²) in [6.45, 7) is 8.04. The van der Waals surface area contributed by atoms with Crippen LogP contribution < -0.4 is 5.32 Å². The fourth-order valence-electron chi connectivity index (χ4n) is 2.02. The van der Waals surface area contributed by atoms with Gasteiger partial charge in [-0.1, -0.05) is 0 Å². The van der Waals surface area contributed by atoms with Gasteiger partial charge in [-0.15, -0.1) is 0 Å². The van der Waals surface area contributed by atoms with Gasteiger partial charge in [0, 0.05) is 17.0 Å². The smallest absolute Gasteiger partial charge is 0.224 e. The lowest BCUT2D eigenvalue weighted by atomic mass is 10.0. The average molecular weight is 245 g/mol. The Kier molecular flexibility index (Phi) is 3.41. The van der Waals surface area contributed by atoms with Crippen LogP contribution >= 0.6 is 0 Å². The topological polar surface area (TPSA) is 42.2 Å². The first kappa shape index (κ1) is 12.7. The second kappa shape index (κ2) is 4.84. The first-order valence-electron chi connectivity index (χ1n) is 6.24. The number of amides is 1. The SMILES string of the molecule is Cc1cc2occ(CC(=O)NC(C)C)c2cc1C. The minimum atomic E-state index is 0.0333. The summed E-state index contributed by atoms with van der Waals surface area (Å²) in [5.74, 6) is 0.0333. The Bertz CT molecular complexity index is 581. The lowest BCUT2D eigenvalue weighted by Gasteiger charge is -2.07. The largest absolute Gasteiger partial charge is 0.464 e. The summed E-state index contributed by atoms with van der Waals surface area (Å²) in [6.07, 6.45) is 2.05. The summed E-state index contributed by atoms with van der Waals surface area (Å²) in [7, 11) is 0. The van der Waals surface area contributed by atoms with Gasteiger partial charge in [0.2, 0.25) is 5.91 Å². The Labute approximate surface area is 107 Å². The van der Waals surface area contributed by atoms with E-state index in [1.165, 1.54) is 11.1 Å². The van der Waals surface area contributed by atoms with Crippen LogP contribution in [0.15, 0.2) is 22.8 Å². The van der Waals surface area contributed by atoms with E-state index in [4.69, 9.17) is 4.42 Å². The number of rotatable bonds is 3. The van der Waals surface area contributed by atoms with Crippen molar-refractivity contribution in [3.05, 3.63) is 35.1 Å². The number of aryl methyl sites for hydroxylation is 2. The second-order valence-electron chi connectivity index (χ2n) is 5.09. The highest BCUT2D eigenvalue weighted by molar-refractivity contribution is 5.88. The van der Waals surface area contributed by atoms with Crippen molar-refractivity contribution in [3.8, 4) is 0 Å². The molecule has 3 heteroatoms. The molecule has 0 aliphatic rings. The van der Waals surface area contributed by atoms with Crippen LogP contribution in [0.3, 0.4) is 0 Å². The van der Waals surface area contributed by atoms with Crippen LogP contribution in [-0.4, -0.2) is 11.9 Å². The van der Waals surface area contributed by atoms with Crippen LogP contribution in [0.25, 0.3) is 11.0 Å². The van der Waals surface area contributed by atoms with Gasteiger partial charge >= 0.3 is 0 Å². The van der Waals surface area contributed by atoms with Crippen LogP contribution in [0.1, 0.15) is 30.5 Å². The van der Waals surface area contributed by atoms with Crippen molar-refractivity contribution >= 4 is 16.9 Å². The molecule has 0 saturated heterocycles. The van der Waals surface area contributed by atoms with Gasteiger partial charge < -0.3 is 9.73 Å². The van der Waals surface area contributed by atoms with Gasteiger partial charge in [0.25, 0.3) is 0 Å². The fourth-order valence-corrected chi connectivity index (χ4v) is 2.02. The van der Waals surface area contributed by atoms with Gasteiger partial charge in [-0.3, -0.25) is 4.79 Å². The van der Waals surface area contributed by atoms with Crippen LogP contribution in [0.5, 0.6) is 0 Å². The molecule has 1 aromatic heterocycles. The molecule has 0 unspecified atom stereocenters. The predicted octanol–water partition coefficient (Wildman–Crippen LogP) is 3.12. The number of carbonyl (C=O) groups is 1. The van der Waals surface area contributed by atoms with E-state index < -0.39 is 0 Å². The third-order valence-electron chi connectivity index (χ3n) is 3.07. The second-order valence-corrected chi connectivity index (χ2v) is 5.09. The Hall–Kier alpha value is -1.77. The van der Waals surface area contributed by atoms with E-state index in [-0.39, 0.29) is 11.9 Å². The molecule has 2 rings (SSSR count). The highest BCUT2D eigenvalue weighted by Crippen LogP contribution is 2.25. The van der Waals surface area contributed by atoms with E-state index in [0.717, 1.165) is 16.5 Å². The molecule has 96 valence electrons. The van der Waals surface area contributed by atoms with Crippen molar-refractivity contribution in [3.63, 3.8) is 0 Å². The third-order valence-corrected chi connectivity index (χ3v) is 3.07. The highest BCUT2D eigenvalue weighted by Gasteiger charge is 2.12. The van der Waals surface area contributed by atoms with Crippen molar-refractivity contribution in [2.24, 2.45) is 0 Å². The quantitative estimate of drug-likeness (QED) is 0.902. The molecule has 0 aliphatic heterocycles. The molecular formula is C15H19NO2. The number of benzene rings is 1. The molecule has 0 atom stereocenters. The minimum absolute atomic E-state index is 0.0333. The highest BCUT2D eigenvalue weighted by atomic mass is 16.3. The predicted molar refractivity (Wildman–Crippen MR) is 72.7 cm³/mol. The van der Waals surface area contributed by atoms with Gasteiger partial charge in [0.05, 0.1) is 12.7 Å². The van der Waals surface area contributed by atoms with Crippen molar-refractivity contribution in [1.82, 2.24) is 5.32 Å². The summed E-state index contributed by atoms with van der Waals surface area (Å²) in [4.78, 5) is 11.8. The lowest BCUT2D eigenvalue weighted by molar-refractivity contribution is -0.120. The average Bonchev–Trinajstić information content (AvgIpc) is 2.61. The molecule has 3 nitrogen and oxygen atoms in total. The molecule has 1 heterocycles. The zero-order chi connectivity index (χ0) is 13.3. The number of carbonyl (C=O) groups excluding carboxylic acids is 1. The van der Waals surface area contributed by atoms with Crippen molar-refractivity contribution < 1.29 is 9.21 Å². The standard InChI is InChI=1S/C15H19NO2/c1-9(2)16-15(17)7-12-8-18-14-6-11(4)10(3)5-13(12)14/h5-6,8-9H,7H2,1-4H3,(H,16,17). The first-order valence-corrected chi connectivity index (χ1v) is 6.24. The molecule has 1 N–H and O–H groups in total. The van der Waals surface area contributed by atoms with E-state index in [2.05, 4.69) is 25.2 Å². The monoisotopic (exact) mass is 245 g/mol. The maximum Gasteiger partial charge on any atom is 0.224 e. The Balaban J connectivity index is 2.29. The Morgan fingerprint density at radius 2 is 1.94 bits per heavy atom. The molecule has 0 bridgehead atoms.